The van der Waals surface area contributed by atoms with Crippen LogP contribution >= 0.6 is 22.7 Å². The van der Waals surface area contributed by atoms with Gasteiger partial charge in [0.1, 0.15) is 5.01 Å². The molecule has 0 aliphatic carbocycles. The average molecular weight is 323 g/mol. The van der Waals surface area contributed by atoms with Gasteiger partial charge in [0.05, 0.1) is 23.8 Å². The van der Waals surface area contributed by atoms with Crippen LogP contribution in [0.1, 0.15) is 27.5 Å². The number of thiazole rings is 2. The van der Waals surface area contributed by atoms with Crippen LogP contribution in [-0.2, 0) is 19.5 Å². The second kappa shape index (κ2) is 7.51. The number of aliphatic imine (C=N–C) groups is 1. The van der Waals surface area contributed by atoms with Crippen molar-refractivity contribution in [2.45, 2.75) is 33.4 Å². The normalized spacial score (nSPS) is 11.7. The molecule has 114 valence electrons. The highest BCUT2D eigenvalue weighted by atomic mass is 32.1. The van der Waals surface area contributed by atoms with Crippen molar-refractivity contribution in [2.24, 2.45) is 4.99 Å². The standard InChI is InChI=1S/C14H21N5S2/c1-5-12-6-16-13(21-12)7-17-14(15-3)19(4)8-11-9-20-10(2)18-11/h6,9H,5,7-8H2,1-4H3,(H,15,17). The Morgan fingerprint density at radius 3 is 2.86 bits per heavy atom. The number of hydrogen-bond donors (Lipinski definition) is 1. The molecule has 1 N–H and O–H groups in total. The summed E-state index contributed by atoms with van der Waals surface area (Å²) in [5, 5.41) is 7.62. The van der Waals surface area contributed by atoms with Crippen LogP contribution in [0.4, 0.5) is 0 Å². The highest BCUT2D eigenvalue weighted by molar-refractivity contribution is 7.11. The van der Waals surface area contributed by atoms with E-state index in [9.17, 15) is 0 Å². The predicted octanol–water partition coefficient (Wildman–Crippen LogP) is 2.68. The van der Waals surface area contributed by atoms with Crippen molar-refractivity contribution in [2.75, 3.05) is 14.1 Å². The zero-order valence-electron chi connectivity index (χ0n) is 12.9. The predicted molar refractivity (Wildman–Crippen MR) is 90.0 cm³/mol. The van der Waals surface area contributed by atoms with Crippen LogP contribution in [0.2, 0.25) is 0 Å². The third-order valence-electron chi connectivity index (χ3n) is 2.99. The molecule has 0 atom stereocenters. The van der Waals surface area contributed by atoms with Gasteiger partial charge in [-0.1, -0.05) is 6.92 Å². The maximum absolute atomic E-state index is 4.48. The molecule has 0 radical (unpaired) electrons. The van der Waals surface area contributed by atoms with Crippen molar-refractivity contribution in [3.8, 4) is 0 Å². The van der Waals surface area contributed by atoms with E-state index in [1.54, 1.807) is 29.7 Å². The third-order valence-corrected chi connectivity index (χ3v) is 4.95. The number of nitrogens with one attached hydrogen (secondary N) is 1. The van der Waals surface area contributed by atoms with Gasteiger partial charge >= 0.3 is 0 Å². The summed E-state index contributed by atoms with van der Waals surface area (Å²) in [6.07, 6.45) is 2.99. The molecule has 0 fully saturated rings. The number of guanidine groups is 1. The second-order valence-corrected chi connectivity index (χ2v) is 6.95. The van der Waals surface area contributed by atoms with Crippen LogP contribution in [-0.4, -0.2) is 34.9 Å². The summed E-state index contributed by atoms with van der Waals surface area (Å²) in [7, 11) is 3.81. The van der Waals surface area contributed by atoms with Crippen molar-refractivity contribution in [1.29, 1.82) is 0 Å². The van der Waals surface area contributed by atoms with E-state index in [4.69, 9.17) is 0 Å². The summed E-state index contributed by atoms with van der Waals surface area (Å²) in [6.45, 7) is 5.63. The topological polar surface area (TPSA) is 53.4 Å². The number of aromatic nitrogens is 2. The van der Waals surface area contributed by atoms with E-state index in [0.29, 0.717) is 6.54 Å². The Hall–Kier alpha value is -1.47. The smallest absolute Gasteiger partial charge is 0.194 e. The Morgan fingerprint density at radius 2 is 2.29 bits per heavy atom. The van der Waals surface area contributed by atoms with Gasteiger partial charge in [-0.2, -0.15) is 0 Å². The zero-order valence-corrected chi connectivity index (χ0v) is 14.5. The van der Waals surface area contributed by atoms with Crippen molar-refractivity contribution in [3.63, 3.8) is 0 Å². The van der Waals surface area contributed by atoms with Crippen molar-refractivity contribution in [1.82, 2.24) is 20.2 Å². The van der Waals surface area contributed by atoms with E-state index in [1.165, 1.54) is 4.88 Å². The number of rotatable bonds is 5. The van der Waals surface area contributed by atoms with Gasteiger partial charge < -0.3 is 10.2 Å². The van der Waals surface area contributed by atoms with E-state index in [2.05, 4.69) is 37.5 Å². The molecule has 0 spiro atoms. The molecular formula is C14H21N5S2. The molecule has 0 aromatic carbocycles. The van der Waals surface area contributed by atoms with Crippen molar-refractivity contribution >= 4 is 28.6 Å². The molecule has 0 saturated carbocycles. The van der Waals surface area contributed by atoms with Gasteiger partial charge in [-0.3, -0.25) is 4.99 Å². The summed E-state index contributed by atoms with van der Waals surface area (Å²) in [6, 6.07) is 0. The van der Waals surface area contributed by atoms with E-state index in [-0.39, 0.29) is 0 Å². The molecule has 2 heterocycles. The lowest BCUT2D eigenvalue weighted by atomic mass is 10.4. The number of aryl methyl sites for hydroxylation is 2. The fourth-order valence-electron chi connectivity index (χ4n) is 1.93. The highest BCUT2D eigenvalue weighted by Gasteiger charge is 2.09. The average Bonchev–Trinajstić information content (AvgIpc) is 3.08. The van der Waals surface area contributed by atoms with Crippen LogP contribution in [0.25, 0.3) is 0 Å². The molecule has 0 amide bonds. The third kappa shape index (κ3) is 4.50. The number of nitrogens with zero attached hydrogens (tertiary/aromatic N) is 4. The Morgan fingerprint density at radius 1 is 1.48 bits per heavy atom. The van der Waals surface area contributed by atoms with Gasteiger partial charge in [0.15, 0.2) is 5.96 Å². The Bertz CT molecular complexity index is 602. The molecule has 0 aliphatic heterocycles. The van der Waals surface area contributed by atoms with Crippen LogP contribution in [0.5, 0.6) is 0 Å². The molecule has 2 aromatic rings. The summed E-state index contributed by atoms with van der Waals surface area (Å²) in [4.78, 5) is 16.6. The molecular weight excluding hydrogens is 302 g/mol. The number of hydrogen-bond acceptors (Lipinski definition) is 5. The Balaban J connectivity index is 1.90. The lowest BCUT2D eigenvalue weighted by Gasteiger charge is -2.20. The van der Waals surface area contributed by atoms with E-state index < -0.39 is 0 Å². The second-order valence-electron chi connectivity index (χ2n) is 4.69. The van der Waals surface area contributed by atoms with Crippen molar-refractivity contribution in [3.05, 3.63) is 32.2 Å². The first kappa shape index (κ1) is 15.9. The minimum Gasteiger partial charge on any atom is -0.350 e. The van der Waals surface area contributed by atoms with Crippen LogP contribution in [0.15, 0.2) is 16.6 Å². The minimum absolute atomic E-state index is 0.706. The molecule has 7 heteroatoms. The first-order valence-electron chi connectivity index (χ1n) is 6.88. The first-order valence-corrected chi connectivity index (χ1v) is 8.58. The first-order chi connectivity index (χ1) is 10.1. The molecule has 2 aromatic heterocycles. The van der Waals surface area contributed by atoms with Gasteiger partial charge in [0, 0.05) is 30.5 Å². The fourth-order valence-corrected chi connectivity index (χ4v) is 3.34. The minimum atomic E-state index is 0.706. The zero-order chi connectivity index (χ0) is 15.2. The Kier molecular flexibility index (Phi) is 5.69. The van der Waals surface area contributed by atoms with Crippen molar-refractivity contribution < 1.29 is 0 Å². The fraction of sp³-hybridized carbons (Fsp3) is 0.500. The Labute approximate surface area is 133 Å². The van der Waals surface area contributed by atoms with Crippen LogP contribution in [0.3, 0.4) is 0 Å². The van der Waals surface area contributed by atoms with E-state index in [0.717, 1.165) is 34.6 Å². The molecule has 0 unspecified atom stereocenters. The quantitative estimate of drug-likeness (QED) is 0.679. The molecule has 0 aliphatic rings. The molecule has 5 nitrogen and oxygen atoms in total. The lowest BCUT2D eigenvalue weighted by Crippen LogP contribution is -2.38. The largest absolute Gasteiger partial charge is 0.350 e. The van der Waals surface area contributed by atoms with E-state index >= 15 is 0 Å². The summed E-state index contributed by atoms with van der Waals surface area (Å²) < 4.78 is 0. The molecule has 21 heavy (non-hydrogen) atoms. The van der Waals surface area contributed by atoms with E-state index in [1.807, 2.05) is 20.2 Å². The van der Waals surface area contributed by atoms with Gasteiger partial charge in [-0.05, 0) is 13.3 Å². The van der Waals surface area contributed by atoms with Crippen LogP contribution in [0, 0.1) is 6.92 Å². The molecule has 2 rings (SSSR count). The van der Waals surface area contributed by atoms with Gasteiger partial charge in [-0.25, -0.2) is 9.97 Å². The maximum atomic E-state index is 4.48. The van der Waals surface area contributed by atoms with Gasteiger partial charge in [-0.15, -0.1) is 22.7 Å². The summed E-state index contributed by atoms with van der Waals surface area (Å²) in [5.41, 5.74) is 1.07. The maximum Gasteiger partial charge on any atom is 0.194 e. The monoisotopic (exact) mass is 323 g/mol. The van der Waals surface area contributed by atoms with Gasteiger partial charge in [0.25, 0.3) is 0 Å². The highest BCUT2D eigenvalue weighted by Crippen LogP contribution is 2.13. The SMILES string of the molecule is CCc1cnc(CNC(=NC)N(C)Cc2csc(C)n2)s1. The molecule has 0 saturated heterocycles. The molecule has 0 bridgehead atoms. The summed E-state index contributed by atoms with van der Waals surface area (Å²) >= 11 is 3.42. The lowest BCUT2D eigenvalue weighted by molar-refractivity contribution is 0.470. The van der Waals surface area contributed by atoms with Gasteiger partial charge in [0.2, 0.25) is 0 Å². The van der Waals surface area contributed by atoms with Crippen LogP contribution < -0.4 is 5.32 Å². The summed E-state index contributed by atoms with van der Waals surface area (Å²) in [5.74, 6) is 0.855.